The predicted molar refractivity (Wildman–Crippen MR) is 85.2 cm³/mol. The zero-order chi connectivity index (χ0) is 15.0. The highest BCUT2D eigenvalue weighted by Crippen LogP contribution is 2.37. The van der Waals surface area contributed by atoms with Gasteiger partial charge in [-0.05, 0) is 13.8 Å². The Morgan fingerprint density at radius 1 is 0.810 bits per heavy atom. The molecule has 0 spiro atoms. The lowest BCUT2D eigenvalue weighted by Crippen LogP contribution is -1.93. The lowest BCUT2D eigenvalue weighted by molar-refractivity contribution is 0.478. The summed E-state index contributed by atoms with van der Waals surface area (Å²) < 4.78 is 1.73. The Balaban J connectivity index is 2.12. The van der Waals surface area contributed by atoms with Gasteiger partial charge in [0.2, 0.25) is 0 Å². The van der Waals surface area contributed by atoms with E-state index in [2.05, 4.69) is 5.10 Å². The molecule has 0 aliphatic heterocycles. The van der Waals surface area contributed by atoms with Gasteiger partial charge in [-0.3, -0.25) is 4.68 Å². The molecule has 0 radical (unpaired) electrons. The molecule has 0 aliphatic rings. The van der Waals surface area contributed by atoms with Crippen LogP contribution in [0.3, 0.4) is 0 Å². The number of nitrogens with zero attached hydrogens (tertiary/aromatic N) is 2. The maximum Gasteiger partial charge on any atom is 0.169 e. The molecule has 0 unspecified atom stereocenters. The highest BCUT2D eigenvalue weighted by molar-refractivity contribution is 5.78. The normalized spacial score (nSPS) is 10.8. The SMILES string of the molecule is Cc1ccc(-c2nn(C)c(-c3ccc(C)cc3)c2O)cc1. The molecule has 0 atom stereocenters. The first-order valence-corrected chi connectivity index (χ1v) is 6.96. The second-order valence-corrected chi connectivity index (χ2v) is 5.40. The number of rotatable bonds is 2. The summed E-state index contributed by atoms with van der Waals surface area (Å²) >= 11 is 0. The third-order valence-electron chi connectivity index (χ3n) is 3.67. The van der Waals surface area contributed by atoms with Crippen molar-refractivity contribution in [2.24, 2.45) is 7.05 Å². The van der Waals surface area contributed by atoms with Gasteiger partial charge in [-0.1, -0.05) is 59.7 Å². The van der Waals surface area contributed by atoms with E-state index >= 15 is 0 Å². The van der Waals surface area contributed by atoms with Crippen molar-refractivity contribution < 1.29 is 5.11 Å². The van der Waals surface area contributed by atoms with Crippen molar-refractivity contribution in [2.75, 3.05) is 0 Å². The second-order valence-electron chi connectivity index (χ2n) is 5.40. The summed E-state index contributed by atoms with van der Waals surface area (Å²) in [6.45, 7) is 4.09. The molecule has 0 bridgehead atoms. The van der Waals surface area contributed by atoms with Gasteiger partial charge in [0.1, 0.15) is 11.4 Å². The summed E-state index contributed by atoms with van der Waals surface area (Å²) in [5.41, 5.74) is 5.63. The average molecular weight is 278 g/mol. The summed E-state index contributed by atoms with van der Waals surface area (Å²) in [5, 5.41) is 15.0. The fourth-order valence-corrected chi connectivity index (χ4v) is 2.45. The van der Waals surface area contributed by atoms with Crippen molar-refractivity contribution >= 4 is 0 Å². The molecule has 0 aliphatic carbocycles. The van der Waals surface area contributed by atoms with E-state index in [1.165, 1.54) is 11.1 Å². The average Bonchev–Trinajstić information content (AvgIpc) is 2.76. The first kappa shape index (κ1) is 13.4. The third kappa shape index (κ3) is 2.42. The minimum Gasteiger partial charge on any atom is -0.504 e. The van der Waals surface area contributed by atoms with Gasteiger partial charge in [-0.2, -0.15) is 5.10 Å². The van der Waals surface area contributed by atoms with Crippen LogP contribution in [0.4, 0.5) is 0 Å². The fourth-order valence-electron chi connectivity index (χ4n) is 2.45. The number of hydrogen-bond donors (Lipinski definition) is 1. The monoisotopic (exact) mass is 278 g/mol. The molecule has 3 aromatic rings. The summed E-state index contributed by atoms with van der Waals surface area (Å²) in [4.78, 5) is 0. The van der Waals surface area contributed by atoms with Crippen molar-refractivity contribution in [1.29, 1.82) is 0 Å². The van der Waals surface area contributed by atoms with E-state index in [1.54, 1.807) is 4.68 Å². The van der Waals surface area contributed by atoms with Gasteiger partial charge in [-0.25, -0.2) is 0 Å². The van der Waals surface area contributed by atoms with Crippen LogP contribution < -0.4 is 0 Å². The van der Waals surface area contributed by atoms with Gasteiger partial charge < -0.3 is 5.11 Å². The molecule has 21 heavy (non-hydrogen) atoms. The molecular formula is C18H18N2O. The second kappa shape index (κ2) is 5.09. The van der Waals surface area contributed by atoms with E-state index < -0.39 is 0 Å². The number of aryl methyl sites for hydroxylation is 3. The summed E-state index contributed by atoms with van der Waals surface area (Å²) in [6.07, 6.45) is 0. The van der Waals surface area contributed by atoms with Crippen LogP contribution in [0.2, 0.25) is 0 Å². The molecule has 0 saturated heterocycles. The van der Waals surface area contributed by atoms with Gasteiger partial charge in [-0.15, -0.1) is 0 Å². The number of benzene rings is 2. The molecule has 3 nitrogen and oxygen atoms in total. The Bertz CT molecular complexity index is 768. The minimum absolute atomic E-state index is 0.227. The van der Waals surface area contributed by atoms with E-state index in [0.29, 0.717) is 5.69 Å². The fraction of sp³-hybridized carbons (Fsp3) is 0.167. The molecule has 0 fully saturated rings. The van der Waals surface area contributed by atoms with E-state index in [9.17, 15) is 5.11 Å². The van der Waals surface area contributed by atoms with Crippen molar-refractivity contribution in [3.63, 3.8) is 0 Å². The third-order valence-corrected chi connectivity index (χ3v) is 3.67. The first-order valence-electron chi connectivity index (χ1n) is 6.96. The Hall–Kier alpha value is -2.55. The van der Waals surface area contributed by atoms with E-state index in [1.807, 2.05) is 69.4 Å². The maximum atomic E-state index is 10.6. The molecule has 0 saturated carbocycles. The number of aromatic nitrogens is 2. The lowest BCUT2D eigenvalue weighted by Gasteiger charge is -2.03. The van der Waals surface area contributed by atoms with Gasteiger partial charge >= 0.3 is 0 Å². The summed E-state index contributed by atoms with van der Waals surface area (Å²) in [5.74, 6) is 0.227. The molecule has 1 N–H and O–H groups in total. The van der Waals surface area contributed by atoms with Crippen LogP contribution in [-0.2, 0) is 7.05 Å². The minimum atomic E-state index is 0.227. The molecule has 3 heteroatoms. The van der Waals surface area contributed by atoms with Crippen molar-refractivity contribution in [1.82, 2.24) is 9.78 Å². The van der Waals surface area contributed by atoms with Gasteiger partial charge in [0.25, 0.3) is 0 Å². The lowest BCUT2D eigenvalue weighted by atomic mass is 10.1. The van der Waals surface area contributed by atoms with E-state index in [4.69, 9.17) is 0 Å². The van der Waals surface area contributed by atoms with Crippen LogP contribution in [0.25, 0.3) is 22.5 Å². The molecule has 1 heterocycles. The Morgan fingerprint density at radius 3 is 1.81 bits per heavy atom. The first-order chi connectivity index (χ1) is 10.1. The highest BCUT2D eigenvalue weighted by atomic mass is 16.3. The smallest absolute Gasteiger partial charge is 0.169 e. The molecular weight excluding hydrogens is 260 g/mol. The van der Waals surface area contributed by atoms with Crippen molar-refractivity contribution in [2.45, 2.75) is 13.8 Å². The number of aromatic hydroxyl groups is 1. The Kier molecular flexibility index (Phi) is 3.26. The Morgan fingerprint density at radius 2 is 1.29 bits per heavy atom. The highest BCUT2D eigenvalue weighted by Gasteiger charge is 2.18. The van der Waals surface area contributed by atoms with Crippen LogP contribution in [-0.4, -0.2) is 14.9 Å². The molecule has 0 amide bonds. The van der Waals surface area contributed by atoms with E-state index in [0.717, 1.165) is 16.8 Å². The molecule has 3 rings (SSSR count). The van der Waals surface area contributed by atoms with Crippen LogP contribution in [0.15, 0.2) is 48.5 Å². The maximum absolute atomic E-state index is 10.6. The van der Waals surface area contributed by atoms with Gasteiger partial charge in [0, 0.05) is 18.2 Å². The molecule has 106 valence electrons. The quantitative estimate of drug-likeness (QED) is 0.767. The molecule has 2 aromatic carbocycles. The van der Waals surface area contributed by atoms with Crippen molar-refractivity contribution in [3.8, 4) is 28.3 Å². The van der Waals surface area contributed by atoms with Crippen LogP contribution in [0, 0.1) is 13.8 Å². The molecule has 1 aromatic heterocycles. The van der Waals surface area contributed by atoms with Gasteiger partial charge in [0.15, 0.2) is 5.75 Å². The summed E-state index contributed by atoms with van der Waals surface area (Å²) in [7, 11) is 1.85. The number of hydrogen-bond acceptors (Lipinski definition) is 2. The van der Waals surface area contributed by atoms with Gasteiger partial charge in [0.05, 0.1) is 0 Å². The summed E-state index contributed by atoms with van der Waals surface area (Å²) in [6, 6.07) is 16.1. The van der Waals surface area contributed by atoms with E-state index in [-0.39, 0.29) is 5.75 Å². The zero-order valence-electron chi connectivity index (χ0n) is 12.5. The predicted octanol–water partition coefficient (Wildman–Crippen LogP) is 4.08. The standard InChI is InChI=1S/C18H18N2O/c1-12-4-8-14(9-5-12)16-18(21)17(20(3)19-16)15-10-6-13(2)7-11-15/h4-11,21H,1-3H3. The van der Waals surface area contributed by atoms with Crippen LogP contribution in [0.5, 0.6) is 5.75 Å². The van der Waals surface area contributed by atoms with Crippen LogP contribution in [0.1, 0.15) is 11.1 Å². The Labute approximate surface area is 124 Å². The zero-order valence-corrected chi connectivity index (χ0v) is 12.5. The largest absolute Gasteiger partial charge is 0.504 e. The van der Waals surface area contributed by atoms with Crippen LogP contribution >= 0.6 is 0 Å². The van der Waals surface area contributed by atoms with Crippen molar-refractivity contribution in [3.05, 3.63) is 59.7 Å². The topological polar surface area (TPSA) is 38.0 Å².